The SMILES string of the molecule is Cc1cccc(NC(=O)C[NH+](C)[C@@H](C)C(=O)Nc2ccccc2C#N)c1C. The predicted octanol–water partition coefficient (Wildman–Crippen LogP) is 1.66. The van der Waals surface area contributed by atoms with Crippen molar-refractivity contribution in [1.82, 2.24) is 0 Å². The summed E-state index contributed by atoms with van der Waals surface area (Å²) in [5, 5.41) is 14.8. The normalized spacial score (nSPS) is 12.6. The Labute approximate surface area is 159 Å². The highest BCUT2D eigenvalue weighted by atomic mass is 16.2. The van der Waals surface area contributed by atoms with Gasteiger partial charge < -0.3 is 15.5 Å². The van der Waals surface area contributed by atoms with Crippen LogP contribution in [0.4, 0.5) is 11.4 Å². The van der Waals surface area contributed by atoms with Gasteiger partial charge in [0, 0.05) is 5.69 Å². The first-order valence-electron chi connectivity index (χ1n) is 8.82. The van der Waals surface area contributed by atoms with Crippen molar-refractivity contribution >= 4 is 23.2 Å². The average molecular weight is 365 g/mol. The van der Waals surface area contributed by atoms with E-state index in [0.29, 0.717) is 11.3 Å². The molecule has 6 heteroatoms. The summed E-state index contributed by atoms with van der Waals surface area (Å²) in [6, 6.07) is 14.2. The van der Waals surface area contributed by atoms with E-state index in [1.807, 2.05) is 32.0 Å². The average Bonchev–Trinajstić information content (AvgIpc) is 2.65. The van der Waals surface area contributed by atoms with E-state index in [1.54, 1.807) is 38.2 Å². The minimum atomic E-state index is -0.457. The van der Waals surface area contributed by atoms with Crippen LogP contribution in [0.5, 0.6) is 0 Å². The van der Waals surface area contributed by atoms with E-state index in [0.717, 1.165) is 21.7 Å². The highest BCUT2D eigenvalue weighted by molar-refractivity contribution is 5.95. The fourth-order valence-electron chi connectivity index (χ4n) is 2.64. The number of benzene rings is 2. The lowest BCUT2D eigenvalue weighted by Gasteiger charge is -2.21. The summed E-state index contributed by atoms with van der Waals surface area (Å²) in [5.41, 5.74) is 3.81. The number of quaternary nitrogens is 1. The van der Waals surface area contributed by atoms with E-state index in [2.05, 4.69) is 16.7 Å². The summed E-state index contributed by atoms with van der Waals surface area (Å²) < 4.78 is 0. The number of hydrogen-bond acceptors (Lipinski definition) is 3. The van der Waals surface area contributed by atoms with Crippen molar-refractivity contribution in [2.24, 2.45) is 0 Å². The van der Waals surface area contributed by atoms with Crippen LogP contribution in [0, 0.1) is 25.2 Å². The number of aryl methyl sites for hydroxylation is 1. The maximum atomic E-state index is 12.5. The molecule has 140 valence electrons. The van der Waals surface area contributed by atoms with Crippen LogP contribution in [0.1, 0.15) is 23.6 Å². The van der Waals surface area contributed by atoms with Crippen LogP contribution < -0.4 is 15.5 Å². The van der Waals surface area contributed by atoms with E-state index in [4.69, 9.17) is 5.26 Å². The summed E-state index contributed by atoms with van der Waals surface area (Å²) in [4.78, 5) is 25.6. The van der Waals surface area contributed by atoms with Gasteiger partial charge in [0.15, 0.2) is 12.6 Å². The van der Waals surface area contributed by atoms with Crippen molar-refractivity contribution in [3.8, 4) is 6.07 Å². The molecular formula is C21H25N4O2+. The Balaban J connectivity index is 1.97. The van der Waals surface area contributed by atoms with Crippen LogP contribution in [0.2, 0.25) is 0 Å². The number of carbonyl (C=O) groups excluding carboxylic acids is 2. The van der Waals surface area contributed by atoms with Crippen LogP contribution in [-0.4, -0.2) is 31.4 Å². The molecule has 0 aliphatic carbocycles. The second-order valence-electron chi connectivity index (χ2n) is 6.69. The maximum Gasteiger partial charge on any atom is 0.282 e. The second-order valence-corrected chi connectivity index (χ2v) is 6.69. The van der Waals surface area contributed by atoms with Gasteiger partial charge in [0.2, 0.25) is 0 Å². The highest BCUT2D eigenvalue weighted by Crippen LogP contribution is 2.17. The second kappa shape index (κ2) is 8.97. The Hall–Kier alpha value is -3.17. The van der Waals surface area contributed by atoms with E-state index >= 15 is 0 Å². The maximum absolute atomic E-state index is 12.5. The van der Waals surface area contributed by atoms with Crippen LogP contribution in [0.15, 0.2) is 42.5 Å². The zero-order chi connectivity index (χ0) is 20.0. The number of para-hydroxylation sites is 1. The van der Waals surface area contributed by atoms with Gasteiger partial charge in [-0.2, -0.15) is 5.26 Å². The molecule has 0 aliphatic heterocycles. The summed E-state index contributed by atoms with van der Waals surface area (Å²) in [7, 11) is 1.79. The van der Waals surface area contributed by atoms with Gasteiger partial charge in [-0.05, 0) is 50.1 Å². The number of amides is 2. The number of likely N-dealkylation sites (N-methyl/N-ethyl adjacent to an activating group) is 1. The zero-order valence-corrected chi connectivity index (χ0v) is 16.1. The molecule has 3 N–H and O–H groups in total. The number of carbonyl (C=O) groups is 2. The summed E-state index contributed by atoms with van der Waals surface area (Å²) in [5.74, 6) is -0.395. The molecule has 2 amide bonds. The number of rotatable bonds is 6. The third-order valence-electron chi connectivity index (χ3n) is 4.76. The summed E-state index contributed by atoms with van der Waals surface area (Å²) >= 11 is 0. The first-order chi connectivity index (χ1) is 12.8. The lowest BCUT2D eigenvalue weighted by Crippen LogP contribution is -3.14. The molecular weight excluding hydrogens is 340 g/mol. The zero-order valence-electron chi connectivity index (χ0n) is 16.1. The number of nitriles is 1. The Morgan fingerprint density at radius 2 is 1.74 bits per heavy atom. The van der Waals surface area contributed by atoms with Gasteiger partial charge >= 0.3 is 0 Å². The number of hydrogen-bond donors (Lipinski definition) is 3. The molecule has 2 rings (SSSR count). The van der Waals surface area contributed by atoms with E-state index in [1.165, 1.54) is 0 Å². The molecule has 27 heavy (non-hydrogen) atoms. The van der Waals surface area contributed by atoms with Gasteiger partial charge in [-0.15, -0.1) is 0 Å². The molecule has 0 aromatic heterocycles. The highest BCUT2D eigenvalue weighted by Gasteiger charge is 2.24. The Bertz CT molecular complexity index is 886. The van der Waals surface area contributed by atoms with E-state index in [-0.39, 0.29) is 18.4 Å². The van der Waals surface area contributed by atoms with Crippen molar-refractivity contribution in [1.29, 1.82) is 5.26 Å². The van der Waals surface area contributed by atoms with Gasteiger partial charge in [0.25, 0.3) is 11.8 Å². The molecule has 2 aromatic carbocycles. The predicted molar refractivity (Wildman–Crippen MR) is 106 cm³/mol. The van der Waals surface area contributed by atoms with Gasteiger partial charge in [0.1, 0.15) is 6.07 Å². The standard InChI is InChI=1S/C21H24N4O2/c1-14-8-7-11-18(15(14)2)23-20(26)13-25(4)16(3)21(27)24-19-10-6-5-9-17(19)12-22/h5-11,16H,13H2,1-4H3,(H,23,26)(H,24,27)/p+1/t16-/m0/s1. The van der Waals surface area contributed by atoms with E-state index in [9.17, 15) is 9.59 Å². The molecule has 0 heterocycles. The minimum absolute atomic E-state index is 0.154. The molecule has 0 bridgehead atoms. The van der Waals surface area contributed by atoms with Crippen molar-refractivity contribution in [2.75, 3.05) is 24.2 Å². The Morgan fingerprint density at radius 3 is 2.44 bits per heavy atom. The fraction of sp³-hybridized carbons (Fsp3) is 0.286. The lowest BCUT2D eigenvalue weighted by atomic mass is 10.1. The van der Waals surface area contributed by atoms with Crippen molar-refractivity contribution in [2.45, 2.75) is 26.8 Å². The lowest BCUT2D eigenvalue weighted by molar-refractivity contribution is -0.885. The molecule has 2 aromatic rings. The van der Waals surface area contributed by atoms with Crippen molar-refractivity contribution in [3.05, 3.63) is 59.2 Å². The Kier molecular flexibility index (Phi) is 6.69. The Morgan fingerprint density at radius 1 is 1.07 bits per heavy atom. The molecule has 2 atom stereocenters. The number of nitrogens with one attached hydrogen (secondary N) is 3. The molecule has 6 nitrogen and oxygen atoms in total. The largest absolute Gasteiger partial charge is 0.321 e. The van der Waals surface area contributed by atoms with Crippen LogP contribution in [-0.2, 0) is 9.59 Å². The van der Waals surface area contributed by atoms with Crippen LogP contribution >= 0.6 is 0 Å². The monoisotopic (exact) mass is 365 g/mol. The third kappa shape index (κ3) is 5.16. The quantitative estimate of drug-likeness (QED) is 0.728. The molecule has 0 radical (unpaired) electrons. The molecule has 1 unspecified atom stereocenters. The fourth-order valence-corrected chi connectivity index (χ4v) is 2.64. The summed E-state index contributed by atoms with van der Waals surface area (Å²) in [6.45, 7) is 5.87. The smallest absolute Gasteiger partial charge is 0.282 e. The van der Waals surface area contributed by atoms with Crippen LogP contribution in [0.25, 0.3) is 0 Å². The first kappa shape index (κ1) is 20.1. The van der Waals surface area contributed by atoms with Gasteiger partial charge in [-0.25, -0.2) is 0 Å². The summed E-state index contributed by atoms with van der Waals surface area (Å²) in [6.07, 6.45) is 0. The van der Waals surface area contributed by atoms with Gasteiger partial charge in [-0.3, -0.25) is 9.59 Å². The number of anilines is 2. The van der Waals surface area contributed by atoms with Gasteiger partial charge in [-0.1, -0.05) is 24.3 Å². The van der Waals surface area contributed by atoms with Crippen molar-refractivity contribution in [3.63, 3.8) is 0 Å². The minimum Gasteiger partial charge on any atom is -0.321 e. The molecule has 0 fully saturated rings. The topological polar surface area (TPSA) is 86.4 Å². The first-order valence-corrected chi connectivity index (χ1v) is 8.82. The van der Waals surface area contributed by atoms with Gasteiger partial charge in [0.05, 0.1) is 18.3 Å². The van der Waals surface area contributed by atoms with E-state index < -0.39 is 6.04 Å². The van der Waals surface area contributed by atoms with Crippen LogP contribution in [0.3, 0.4) is 0 Å². The van der Waals surface area contributed by atoms with Crippen molar-refractivity contribution < 1.29 is 14.5 Å². The molecule has 0 saturated heterocycles. The number of nitrogens with zero attached hydrogens (tertiary/aromatic N) is 1. The molecule has 0 aliphatic rings. The molecule has 0 spiro atoms. The molecule has 0 saturated carbocycles. The third-order valence-corrected chi connectivity index (χ3v) is 4.76.